The van der Waals surface area contributed by atoms with Crippen LogP contribution in [0, 0.1) is 13.8 Å². The van der Waals surface area contributed by atoms with Gasteiger partial charge in [-0.1, -0.05) is 48.0 Å². The third-order valence-corrected chi connectivity index (χ3v) is 6.36. The summed E-state index contributed by atoms with van der Waals surface area (Å²) in [6, 6.07) is 20.2. The van der Waals surface area contributed by atoms with Gasteiger partial charge in [0.1, 0.15) is 11.8 Å². The van der Waals surface area contributed by atoms with Crippen molar-refractivity contribution in [2.24, 2.45) is 0 Å². The van der Waals surface area contributed by atoms with Crippen LogP contribution < -0.4 is 14.8 Å². The molecule has 0 saturated heterocycles. The van der Waals surface area contributed by atoms with Gasteiger partial charge >= 0.3 is 0 Å². The average molecular weight is 439 g/mol. The van der Waals surface area contributed by atoms with Crippen molar-refractivity contribution in [1.82, 2.24) is 4.72 Å². The monoisotopic (exact) mass is 438 g/mol. The normalized spacial score (nSPS) is 12.2. The second kappa shape index (κ2) is 9.76. The average Bonchev–Trinajstić information content (AvgIpc) is 2.75. The molecule has 0 radical (unpaired) electrons. The second-order valence-electron chi connectivity index (χ2n) is 7.35. The van der Waals surface area contributed by atoms with Crippen LogP contribution in [0.2, 0.25) is 0 Å². The van der Waals surface area contributed by atoms with Crippen molar-refractivity contribution in [3.05, 3.63) is 89.5 Å². The number of rotatable bonds is 8. The van der Waals surface area contributed by atoms with E-state index in [1.165, 1.54) is 19.2 Å². The van der Waals surface area contributed by atoms with Crippen molar-refractivity contribution < 1.29 is 17.9 Å². The minimum Gasteiger partial charge on any atom is -0.496 e. The van der Waals surface area contributed by atoms with Crippen molar-refractivity contribution in [3.63, 3.8) is 0 Å². The zero-order valence-corrected chi connectivity index (χ0v) is 18.6. The Hall–Kier alpha value is -3.16. The Kier molecular flexibility index (Phi) is 7.09. The summed E-state index contributed by atoms with van der Waals surface area (Å²) >= 11 is 0. The fourth-order valence-electron chi connectivity index (χ4n) is 3.18. The predicted molar refractivity (Wildman–Crippen MR) is 122 cm³/mol. The quantitative estimate of drug-likeness (QED) is 0.560. The summed E-state index contributed by atoms with van der Waals surface area (Å²) in [5.74, 6) is 0.165. The zero-order chi connectivity index (χ0) is 22.4. The van der Waals surface area contributed by atoms with Crippen LogP contribution in [0.15, 0.2) is 77.7 Å². The van der Waals surface area contributed by atoms with Crippen molar-refractivity contribution in [3.8, 4) is 5.75 Å². The molecule has 0 bridgehead atoms. The van der Waals surface area contributed by atoms with Crippen LogP contribution in [-0.2, 0) is 21.2 Å². The first-order valence-corrected chi connectivity index (χ1v) is 11.4. The molecule has 0 spiro atoms. The van der Waals surface area contributed by atoms with Gasteiger partial charge in [0.15, 0.2) is 0 Å². The molecule has 7 heteroatoms. The molecule has 0 heterocycles. The Morgan fingerprint density at radius 3 is 2.26 bits per heavy atom. The van der Waals surface area contributed by atoms with Crippen molar-refractivity contribution in [1.29, 1.82) is 0 Å². The lowest BCUT2D eigenvalue weighted by atomic mass is 10.1. The first-order chi connectivity index (χ1) is 14.8. The molecule has 0 saturated carbocycles. The SMILES string of the molecule is COc1ccc(S(=O)(=O)NC(Cc2ccccc2)C(=O)Nc2ccc(C)cc2)cc1C. The van der Waals surface area contributed by atoms with E-state index in [0.29, 0.717) is 17.0 Å². The van der Waals surface area contributed by atoms with Gasteiger partial charge in [-0.15, -0.1) is 0 Å². The Labute approximate surface area is 183 Å². The summed E-state index contributed by atoms with van der Waals surface area (Å²) in [7, 11) is -2.41. The van der Waals surface area contributed by atoms with E-state index in [0.717, 1.165) is 11.1 Å². The number of carbonyl (C=O) groups is 1. The Bertz CT molecular complexity index is 1140. The summed E-state index contributed by atoms with van der Waals surface area (Å²) in [4.78, 5) is 13.1. The number of hydrogen-bond donors (Lipinski definition) is 2. The lowest BCUT2D eigenvalue weighted by Gasteiger charge is -2.19. The van der Waals surface area contributed by atoms with Crippen LogP contribution in [0.25, 0.3) is 0 Å². The summed E-state index contributed by atoms with van der Waals surface area (Å²) < 4.78 is 33.9. The molecule has 1 amide bonds. The molecule has 3 rings (SSSR count). The number of hydrogen-bond acceptors (Lipinski definition) is 4. The summed E-state index contributed by atoms with van der Waals surface area (Å²) in [5.41, 5.74) is 3.21. The standard InChI is InChI=1S/C24H26N2O4S/c1-17-9-11-20(12-10-17)25-24(27)22(16-19-7-5-4-6-8-19)26-31(28,29)21-13-14-23(30-3)18(2)15-21/h4-15,22,26H,16H2,1-3H3,(H,25,27). The number of amides is 1. The van der Waals surface area contributed by atoms with Gasteiger partial charge in [0.2, 0.25) is 15.9 Å². The van der Waals surface area contributed by atoms with E-state index in [-0.39, 0.29) is 11.3 Å². The molecular weight excluding hydrogens is 412 g/mol. The largest absolute Gasteiger partial charge is 0.496 e. The van der Waals surface area contributed by atoms with E-state index < -0.39 is 22.0 Å². The van der Waals surface area contributed by atoms with E-state index in [1.54, 1.807) is 25.1 Å². The fraction of sp³-hybridized carbons (Fsp3) is 0.208. The number of ether oxygens (including phenoxy) is 1. The highest BCUT2D eigenvalue weighted by atomic mass is 32.2. The van der Waals surface area contributed by atoms with E-state index in [1.807, 2.05) is 49.4 Å². The Balaban J connectivity index is 1.87. The number of anilines is 1. The second-order valence-corrected chi connectivity index (χ2v) is 9.06. The van der Waals surface area contributed by atoms with Crippen LogP contribution in [-0.4, -0.2) is 27.5 Å². The first-order valence-electron chi connectivity index (χ1n) is 9.87. The topological polar surface area (TPSA) is 84.5 Å². The fourth-order valence-corrected chi connectivity index (χ4v) is 4.46. The molecule has 3 aromatic carbocycles. The van der Waals surface area contributed by atoms with E-state index in [2.05, 4.69) is 10.0 Å². The number of nitrogens with one attached hydrogen (secondary N) is 2. The van der Waals surface area contributed by atoms with Crippen molar-refractivity contribution in [2.75, 3.05) is 12.4 Å². The van der Waals surface area contributed by atoms with Gasteiger partial charge < -0.3 is 10.1 Å². The molecule has 0 fully saturated rings. The Morgan fingerprint density at radius 1 is 0.968 bits per heavy atom. The maximum Gasteiger partial charge on any atom is 0.242 e. The van der Waals surface area contributed by atoms with Crippen molar-refractivity contribution in [2.45, 2.75) is 31.2 Å². The van der Waals surface area contributed by atoms with Gasteiger partial charge in [-0.2, -0.15) is 4.72 Å². The summed E-state index contributed by atoms with van der Waals surface area (Å²) in [6.45, 7) is 3.72. The van der Waals surface area contributed by atoms with Crippen LogP contribution in [0.4, 0.5) is 5.69 Å². The third-order valence-electron chi connectivity index (χ3n) is 4.89. The Morgan fingerprint density at radius 2 is 1.65 bits per heavy atom. The molecule has 31 heavy (non-hydrogen) atoms. The van der Waals surface area contributed by atoms with Crippen molar-refractivity contribution >= 4 is 21.6 Å². The molecule has 1 atom stereocenters. The first kappa shape index (κ1) is 22.5. The van der Waals surface area contributed by atoms with E-state index in [4.69, 9.17) is 4.74 Å². The number of methoxy groups -OCH3 is 1. The number of benzene rings is 3. The lowest BCUT2D eigenvalue weighted by molar-refractivity contribution is -0.117. The van der Waals surface area contributed by atoms with Gasteiger partial charge in [-0.25, -0.2) is 8.42 Å². The molecule has 162 valence electrons. The molecule has 0 aliphatic carbocycles. The highest BCUT2D eigenvalue weighted by Crippen LogP contribution is 2.22. The third kappa shape index (κ3) is 5.93. The lowest BCUT2D eigenvalue weighted by Crippen LogP contribution is -2.45. The molecular formula is C24H26N2O4S. The van der Waals surface area contributed by atoms with Gasteiger partial charge in [0.05, 0.1) is 12.0 Å². The van der Waals surface area contributed by atoms with Crippen LogP contribution in [0.3, 0.4) is 0 Å². The van der Waals surface area contributed by atoms with Gasteiger partial charge in [-0.3, -0.25) is 4.79 Å². The van der Waals surface area contributed by atoms with Crippen LogP contribution >= 0.6 is 0 Å². The number of sulfonamides is 1. The molecule has 2 N–H and O–H groups in total. The van der Waals surface area contributed by atoms with Gasteiger partial charge in [0, 0.05) is 5.69 Å². The van der Waals surface area contributed by atoms with Gasteiger partial charge in [0.25, 0.3) is 0 Å². The predicted octanol–water partition coefficient (Wildman–Crippen LogP) is 3.84. The molecule has 0 aliphatic rings. The van der Waals surface area contributed by atoms with E-state index >= 15 is 0 Å². The van der Waals surface area contributed by atoms with Crippen LogP contribution in [0.5, 0.6) is 5.75 Å². The maximum atomic E-state index is 13.1. The molecule has 0 aromatic heterocycles. The van der Waals surface area contributed by atoms with E-state index in [9.17, 15) is 13.2 Å². The molecule has 6 nitrogen and oxygen atoms in total. The highest BCUT2D eigenvalue weighted by molar-refractivity contribution is 7.89. The zero-order valence-electron chi connectivity index (χ0n) is 17.8. The van der Waals surface area contributed by atoms with Crippen LogP contribution in [0.1, 0.15) is 16.7 Å². The number of carbonyl (C=O) groups excluding carboxylic acids is 1. The molecule has 3 aromatic rings. The minimum atomic E-state index is -3.94. The minimum absolute atomic E-state index is 0.0759. The van der Waals surface area contributed by atoms with Gasteiger partial charge in [-0.05, 0) is 61.7 Å². The summed E-state index contributed by atoms with van der Waals surface area (Å²) in [6.07, 6.45) is 0.215. The summed E-state index contributed by atoms with van der Waals surface area (Å²) in [5, 5.41) is 2.81. The molecule has 1 unspecified atom stereocenters. The number of aryl methyl sites for hydroxylation is 2. The smallest absolute Gasteiger partial charge is 0.242 e. The molecule has 0 aliphatic heterocycles. The highest BCUT2D eigenvalue weighted by Gasteiger charge is 2.26. The maximum absolute atomic E-state index is 13.1.